The zero-order chi connectivity index (χ0) is 11.9. The van der Waals surface area contributed by atoms with E-state index in [1.54, 1.807) is 0 Å². The predicted molar refractivity (Wildman–Crippen MR) is 68.2 cm³/mol. The van der Waals surface area contributed by atoms with Gasteiger partial charge in [0.1, 0.15) is 0 Å². The highest BCUT2D eigenvalue weighted by Crippen LogP contribution is 2.54. The van der Waals surface area contributed by atoms with Crippen molar-refractivity contribution < 1.29 is 5.11 Å². The van der Waals surface area contributed by atoms with Gasteiger partial charge in [-0.1, -0.05) is 38.8 Å². The average Bonchev–Trinajstić information content (AvgIpc) is 2.16. The van der Waals surface area contributed by atoms with E-state index in [2.05, 4.69) is 27.4 Å². The maximum absolute atomic E-state index is 10.6. The summed E-state index contributed by atoms with van der Waals surface area (Å²) in [6, 6.07) is 0. The summed E-state index contributed by atoms with van der Waals surface area (Å²) in [6.45, 7) is 10.8. The second-order valence-electron chi connectivity index (χ2n) is 6.53. The lowest BCUT2D eigenvalue weighted by Crippen LogP contribution is -2.50. The van der Waals surface area contributed by atoms with Crippen LogP contribution in [0.15, 0.2) is 12.2 Å². The van der Waals surface area contributed by atoms with E-state index in [4.69, 9.17) is 0 Å². The smallest absolute Gasteiger partial charge is 0.0641 e. The van der Waals surface area contributed by atoms with Crippen LogP contribution in [-0.2, 0) is 0 Å². The van der Waals surface area contributed by atoms with Crippen molar-refractivity contribution in [3.8, 4) is 0 Å². The van der Waals surface area contributed by atoms with Gasteiger partial charge in [-0.2, -0.15) is 0 Å². The molecule has 0 spiro atoms. The number of hydrogen-bond acceptors (Lipinski definition) is 1. The van der Waals surface area contributed by atoms with Crippen LogP contribution in [0.25, 0.3) is 0 Å². The van der Waals surface area contributed by atoms with Gasteiger partial charge in [-0.05, 0) is 43.4 Å². The monoisotopic (exact) mass is 222 g/mol. The highest BCUT2D eigenvalue weighted by molar-refractivity contribution is 5.08. The van der Waals surface area contributed by atoms with Crippen LogP contribution in [0.2, 0.25) is 0 Å². The van der Waals surface area contributed by atoms with Crippen molar-refractivity contribution in [1.29, 1.82) is 0 Å². The first-order valence-corrected chi connectivity index (χ1v) is 6.79. The molecular formula is C15H26O. The molecule has 0 amide bonds. The summed E-state index contributed by atoms with van der Waals surface area (Å²) >= 11 is 0. The largest absolute Gasteiger partial charge is 0.392 e. The Morgan fingerprint density at radius 3 is 2.62 bits per heavy atom. The third kappa shape index (κ3) is 1.84. The molecule has 1 N–H and O–H groups in total. The van der Waals surface area contributed by atoms with Crippen molar-refractivity contribution in [3.05, 3.63) is 12.2 Å². The number of aliphatic hydroxyl groups excluding tert-OH is 1. The molecule has 0 saturated heterocycles. The molecule has 2 aliphatic carbocycles. The van der Waals surface area contributed by atoms with Gasteiger partial charge in [0, 0.05) is 5.92 Å². The summed E-state index contributed by atoms with van der Waals surface area (Å²) < 4.78 is 0. The lowest BCUT2D eigenvalue weighted by molar-refractivity contribution is -0.0934. The fraction of sp³-hybridized carbons (Fsp3) is 0.867. The Hall–Kier alpha value is -0.300. The normalized spacial score (nSPS) is 48.5. The minimum atomic E-state index is -0.147. The van der Waals surface area contributed by atoms with Crippen molar-refractivity contribution in [1.82, 2.24) is 0 Å². The minimum Gasteiger partial charge on any atom is -0.392 e. The molecule has 2 rings (SSSR count). The van der Waals surface area contributed by atoms with Gasteiger partial charge in [0.25, 0.3) is 0 Å². The van der Waals surface area contributed by atoms with Crippen LogP contribution in [0, 0.1) is 23.2 Å². The Balaban J connectivity index is 2.23. The fourth-order valence-electron chi connectivity index (χ4n) is 4.35. The Morgan fingerprint density at radius 1 is 1.31 bits per heavy atom. The van der Waals surface area contributed by atoms with E-state index in [1.165, 1.54) is 31.3 Å². The number of rotatable bonds is 1. The Bertz CT molecular complexity index is 283. The van der Waals surface area contributed by atoms with Crippen LogP contribution in [0.5, 0.6) is 0 Å². The summed E-state index contributed by atoms with van der Waals surface area (Å²) in [7, 11) is 0. The van der Waals surface area contributed by atoms with Gasteiger partial charge >= 0.3 is 0 Å². The molecule has 1 nitrogen and oxygen atoms in total. The maximum atomic E-state index is 10.6. The van der Waals surface area contributed by atoms with Crippen LogP contribution in [0.4, 0.5) is 0 Å². The first kappa shape index (κ1) is 12.2. The van der Waals surface area contributed by atoms with E-state index in [1.807, 2.05) is 0 Å². The maximum Gasteiger partial charge on any atom is 0.0641 e. The van der Waals surface area contributed by atoms with Crippen LogP contribution < -0.4 is 0 Å². The lowest BCUT2D eigenvalue weighted by atomic mass is 9.53. The molecule has 0 heterocycles. The van der Waals surface area contributed by atoms with Crippen molar-refractivity contribution >= 4 is 0 Å². The molecule has 2 saturated carbocycles. The summed E-state index contributed by atoms with van der Waals surface area (Å²) in [6.07, 6.45) is 6.21. The Morgan fingerprint density at radius 2 is 2.00 bits per heavy atom. The molecule has 1 heteroatoms. The molecule has 2 fully saturated rings. The number of aliphatic hydroxyl groups is 1. The lowest BCUT2D eigenvalue weighted by Gasteiger charge is -2.53. The van der Waals surface area contributed by atoms with E-state index in [0.29, 0.717) is 23.2 Å². The fourth-order valence-corrected chi connectivity index (χ4v) is 4.35. The highest BCUT2D eigenvalue weighted by atomic mass is 16.3. The minimum absolute atomic E-state index is 0.147. The topological polar surface area (TPSA) is 20.2 Å². The first-order valence-electron chi connectivity index (χ1n) is 6.79. The van der Waals surface area contributed by atoms with Crippen molar-refractivity contribution in [3.63, 3.8) is 0 Å². The second kappa shape index (κ2) is 4.18. The zero-order valence-electron chi connectivity index (χ0n) is 11.0. The van der Waals surface area contributed by atoms with Crippen LogP contribution in [0.1, 0.15) is 52.9 Å². The highest BCUT2D eigenvalue weighted by Gasteiger charge is 2.49. The van der Waals surface area contributed by atoms with Gasteiger partial charge in [-0.15, -0.1) is 0 Å². The van der Waals surface area contributed by atoms with Crippen LogP contribution >= 0.6 is 0 Å². The molecule has 0 radical (unpaired) electrons. The summed E-state index contributed by atoms with van der Waals surface area (Å²) in [5.41, 5.74) is 1.57. The zero-order valence-corrected chi connectivity index (χ0v) is 11.0. The second-order valence-corrected chi connectivity index (χ2v) is 6.53. The molecule has 0 aromatic heterocycles. The van der Waals surface area contributed by atoms with Crippen molar-refractivity contribution in [2.24, 2.45) is 23.2 Å². The Labute approximate surface area is 99.9 Å². The molecule has 0 bridgehead atoms. The van der Waals surface area contributed by atoms with Crippen molar-refractivity contribution in [2.45, 2.75) is 59.0 Å². The molecular weight excluding hydrogens is 196 g/mol. The Kier molecular flexibility index (Phi) is 3.18. The van der Waals surface area contributed by atoms with Gasteiger partial charge in [0.15, 0.2) is 0 Å². The first-order chi connectivity index (χ1) is 7.46. The van der Waals surface area contributed by atoms with E-state index < -0.39 is 0 Å². The van der Waals surface area contributed by atoms with Gasteiger partial charge in [-0.3, -0.25) is 0 Å². The number of hydrogen-bond donors (Lipinski definition) is 1. The summed E-state index contributed by atoms with van der Waals surface area (Å²) in [5, 5.41) is 10.6. The molecule has 92 valence electrons. The van der Waals surface area contributed by atoms with Crippen molar-refractivity contribution in [2.75, 3.05) is 0 Å². The van der Waals surface area contributed by atoms with Gasteiger partial charge in [0.2, 0.25) is 0 Å². The third-order valence-corrected chi connectivity index (χ3v) is 5.26. The summed E-state index contributed by atoms with van der Waals surface area (Å²) in [4.78, 5) is 0. The van der Waals surface area contributed by atoms with Crippen LogP contribution in [0.3, 0.4) is 0 Å². The van der Waals surface area contributed by atoms with Gasteiger partial charge < -0.3 is 5.11 Å². The molecule has 0 aromatic rings. The third-order valence-electron chi connectivity index (χ3n) is 5.26. The number of fused-ring (bicyclic) bond motifs is 1. The van der Waals surface area contributed by atoms with E-state index in [-0.39, 0.29) is 6.10 Å². The van der Waals surface area contributed by atoms with Crippen LogP contribution in [-0.4, -0.2) is 11.2 Å². The standard InChI is InChI=1S/C15H26O/c1-10(2)12-7-9-15(4)8-5-6-11(3)13(15)14(12)16/h11-14,16H,1,5-9H2,2-4H3/t11?,12-,13+,14-,15+/m0/s1. The molecule has 0 aromatic carbocycles. The van der Waals surface area contributed by atoms with E-state index in [9.17, 15) is 5.11 Å². The molecule has 0 aliphatic heterocycles. The molecule has 16 heavy (non-hydrogen) atoms. The average molecular weight is 222 g/mol. The molecule has 2 aliphatic rings. The molecule has 5 atom stereocenters. The van der Waals surface area contributed by atoms with Gasteiger partial charge in [0.05, 0.1) is 6.10 Å². The quantitative estimate of drug-likeness (QED) is 0.669. The van der Waals surface area contributed by atoms with E-state index >= 15 is 0 Å². The van der Waals surface area contributed by atoms with E-state index in [0.717, 1.165) is 6.42 Å². The predicted octanol–water partition coefficient (Wildman–Crippen LogP) is 3.78. The summed E-state index contributed by atoms with van der Waals surface area (Å²) in [5.74, 6) is 1.52. The van der Waals surface area contributed by atoms with Gasteiger partial charge in [-0.25, -0.2) is 0 Å². The molecule has 1 unspecified atom stereocenters. The SMILES string of the molecule is C=C(C)[C@@H]1CC[C@@]2(C)CCCC(C)[C@@H]2[C@H]1O.